The lowest BCUT2D eigenvalue weighted by molar-refractivity contribution is -0.120. The Morgan fingerprint density at radius 2 is 2.35 bits per heavy atom. The van der Waals surface area contributed by atoms with Gasteiger partial charge in [0.15, 0.2) is 0 Å². The van der Waals surface area contributed by atoms with Crippen molar-refractivity contribution in [3.8, 4) is 0 Å². The van der Waals surface area contributed by atoms with Crippen LogP contribution in [0.3, 0.4) is 0 Å². The first-order chi connectivity index (χ1) is 9.60. The van der Waals surface area contributed by atoms with Gasteiger partial charge in [0.25, 0.3) is 0 Å². The molecule has 0 aromatic carbocycles. The number of aromatic amines is 1. The van der Waals surface area contributed by atoms with Crippen LogP contribution in [-0.4, -0.2) is 33.5 Å². The summed E-state index contributed by atoms with van der Waals surface area (Å²) in [4.78, 5) is 30.0. The van der Waals surface area contributed by atoms with Crippen LogP contribution in [0.15, 0.2) is 17.1 Å². The Morgan fingerprint density at radius 3 is 3.10 bits per heavy atom. The second kappa shape index (κ2) is 6.33. The van der Waals surface area contributed by atoms with E-state index >= 15 is 0 Å². The van der Waals surface area contributed by atoms with Crippen LogP contribution in [0.25, 0.3) is 11.0 Å². The Hall–Kier alpha value is -2.15. The summed E-state index contributed by atoms with van der Waals surface area (Å²) in [6, 6.07) is 1.95. The molecule has 1 amide bonds. The maximum Gasteiger partial charge on any atom is 0.349 e. The Balaban J connectivity index is 1.94. The number of nitrogens with one attached hydrogen (secondary N) is 2. The van der Waals surface area contributed by atoms with Crippen LogP contribution in [0.5, 0.6) is 0 Å². The van der Waals surface area contributed by atoms with Crippen molar-refractivity contribution in [3.63, 3.8) is 0 Å². The first-order valence-electron chi connectivity index (χ1n) is 6.63. The summed E-state index contributed by atoms with van der Waals surface area (Å²) in [5.74, 6) is -0.0605. The highest BCUT2D eigenvalue weighted by molar-refractivity contribution is 5.76. The number of nitrogens with two attached hydrogens (primary N) is 1. The van der Waals surface area contributed by atoms with Crippen molar-refractivity contribution in [1.82, 2.24) is 19.9 Å². The minimum Gasteiger partial charge on any atom is -0.356 e. The molecule has 0 aliphatic carbocycles. The highest BCUT2D eigenvalue weighted by Crippen LogP contribution is 2.09. The van der Waals surface area contributed by atoms with Gasteiger partial charge >= 0.3 is 5.69 Å². The molecule has 4 N–H and O–H groups in total. The van der Waals surface area contributed by atoms with Crippen LogP contribution in [0.2, 0.25) is 0 Å². The SMILES string of the molecule is Cc1cc2cn(CCCNC(=O)CCN)c(=O)nc2[nH]1. The summed E-state index contributed by atoms with van der Waals surface area (Å²) in [5.41, 5.74) is 6.58. The van der Waals surface area contributed by atoms with Gasteiger partial charge in [-0.05, 0) is 19.4 Å². The molecule has 7 heteroatoms. The number of carbonyl (C=O) groups excluding carboxylic acids is 1. The second-order valence-corrected chi connectivity index (χ2v) is 4.72. The lowest BCUT2D eigenvalue weighted by Crippen LogP contribution is -2.28. The van der Waals surface area contributed by atoms with Crippen LogP contribution in [0.1, 0.15) is 18.5 Å². The fraction of sp³-hybridized carbons (Fsp3) is 0.462. The Bertz CT molecular complexity index is 658. The summed E-state index contributed by atoms with van der Waals surface area (Å²) < 4.78 is 1.56. The normalized spacial score (nSPS) is 10.9. The molecule has 2 heterocycles. The van der Waals surface area contributed by atoms with Gasteiger partial charge in [0.2, 0.25) is 5.91 Å². The molecule has 0 saturated carbocycles. The molecule has 0 bridgehead atoms. The third-order valence-corrected chi connectivity index (χ3v) is 2.98. The van der Waals surface area contributed by atoms with Crippen molar-refractivity contribution >= 4 is 16.9 Å². The van der Waals surface area contributed by atoms with E-state index in [-0.39, 0.29) is 11.6 Å². The van der Waals surface area contributed by atoms with Gasteiger partial charge in [0.1, 0.15) is 5.65 Å². The van der Waals surface area contributed by atoms with E-state index in [2.05, 4.69) is 15.3 Å². The third-order valence-electron chi connectivity index (χ3n) is 2.98. The van der Waals surface area contributed by atoms with Crippen molar-refractivity contribution in [2.24, 2.45) is 5.73 Å². The predicted octanol–water partition coefficient (Wildman–Crippen LogP) is -0.112. The number of fused-ring (bicyclic) bond motifs is 1. The molecular weight excluding hydrogens is 258 g/mol. The lowest BCUT2D eigenvalue weighted by atomic mass is 10.3. The molecule has 7 nitrogen and oxygen atoms in total. The molecule has 0 saturated heterocycles. The van der Waals surface area contributed by atoms with Gasteiger partial charge in [0.05, 0.1) is 0 Å². The molecule has 20 heavy (non-hydrogen) atoms. The van der Waals surface area contributed by atoms with Crippen LogP contribution in [-0.2, 0) is 11.3 Å². The maximum absolute atomic E-state index is 11.8. The number of aryl methyl sites for hydroxylation is 2. The van der Waals surface area contributed by atoms with Gasteiger partial charge in [-0.2, -0.15) is 4.98 Å². The number of H-pyrrole nitrogens is 1. The zero-order valence-electron chi connectivity index (χ0n) is 11.5. The van der Waals surface area contributed by atoms with Gasteiger partial charge in [-0.15, -0.1) is 0 Å². The monoisotopic (exact) mass is 277 g/mol. The fourth-order valence-electron chi connectivity index (χ4n) is 2.03. The molecule has 0 radical (unpaired) electrons. The van der Waals surface area contributed by atoms with Crippen LogP contribution >= 0.6 is 0 Å². The van der Waals surface area contributed by atoms with Crippen LogP contribution < -0.4 is 16.7 Å². The van der Waals surface area contributed by atoms with Gasteiger partial charge in [-0.3, -0.25) is 9.36 Å². The number of hydrogen-bond donors (Lipinski definition) is 3. The Morgan fingerprint density at radius 1 is 1.55 bits per heavy atom. The predicted molar refractivity (Wildman–Crippen MR) is 76.4 cm³/mol. The Labute approximate surface area is 116 Å². The number of aromatic nitrogens is 3. The fourth-order valence-corrected chi connectivity index (χ4v) is 2.03. The first-order valence-corrected chi connectivity index (χ1v) is 6.63. The first kappa shape index (κ1) is 14.3. The minimum absolute atomic E-state index is 0.0605. The zero-order valence-corrected chi connectivity index (χ0v) is 11.5. The van der Waals surface area contributed by atoms with E-state index in [1.807, 2.05) is 13.0 Å². The highest BCUT2D eigenvalue weighted by Gasteiger charge is 2.04. The second-order valence-electron chi connectivity index (χ2n) is 4.72. The number of amides is 1. The molecular formula is C13H19N5O2. The van der Waals surface area contributed by atoms with E-state index < -0.39 is 0 Å². The smallest absolute Gasteiger partial charge is 0.349 e. The molecule has 0 atom stereocenters. The lowest BCUT2D eigenvalue weighted by Gasteiger charge is -2.06. The third kappa shape index (κ3) is 3.45. The molecule has 2 aromatic heterocycles. The summed E-state index contributed by atoms with van der Waals surface area (Å²) in [6.07, 6.45) is 2.79. The van der Waals surface area contributed by atoms with E-state index in [0.29, 0.717) is 38.1 Å². The number of nitrogens with zero attached hydrogens (tertiary/aromatic N) is 2. The average Bonchev–Trinajstić information content (AvgIpc) is 2.74. The maximum atomic E-state index is 11.8. The molecule has 0 fully saturated rings. The quantitative estimate of drug-likeness (QED) is 0.640. The van der Waals surface area contributed by atoms with Crippen molar-refractivity contribution < 1.29 is 4.79 Å². The van der Waals surface area contributed by atoms with E-state index in [1.165, 1.54) is 0 Å². The van der Waals surface area contributed by atoms with Gasteiger partial charge in [-0.1, -0.05) is 0 Å². The molecule has 0 unspecified atom stereocenters. The summed E-state index contributed by atoms with van der Waals surface area (Å²) >= 11 is 0. The standard InChI is InChI=1S/C13H19N5O2/c1-9-7-10-8-18(13(20)17-12(10)16-9)6-2-5-15-11(19)3-4-14/h7-8H,2-6,14H2,1H3,(H,15,19)(H,16,17,20). The van der Waals surface area contributed by atoms with Crippen molar-refractivity contribution in [3.05, 3.63) is 28.4 Å². The van der Waals surface area contributed by atoms with Gasteiger partial charge in [-0.25, -0.2) is 4.79 Å². The van der Waals surface area contributed by atoms with Gasteiger partial charge in [0, 0.05) is 43.3 Å². The molecule has 0 aliphatic rings. The van der Waals surface area contributed by atoms with E-state index in [9.17, 15) is 9.59 Å². The van der Waals surface area contributed by atoms with Crippen molar-refractivity contribution in [1.29, 1.82) is 0 Å². The van der Waals surface area contributed by atoms with Crippen molar-refractivity contribution in [2.75, 3.05) is 13.1 Å². The van der Waals surface area contributed by atoms with E-state index in [0.717, 1.165) is 11.1 Å². The molecule has 0 aliphatic heterocycles. The molecule has 0 spiro atoms. The largest absolute Gasteiger partial charge is 0.356 e. The van der Waals surface area contributed by atoms with E-state index in [1.54, 1.807) is 10.8 Å². The summed E-state index contributed by atoms with van der Waals surface area (Å²) in [5, 5.41) is 3.67. The minimum atomic E-state index is -0.285. The highest BCUT2D eigenvalue weighted by atomic mass is 16.2. The number of carbonyl (C=O) groups is 1. The van der Waals surface area contributed by atoms with Crippen molar-refractivity contribution in [2.45, 2.75) is 26.3 Å². The van der Waals surface area contributed by atoms with Crippen LogP contribution in [0.4, 0.5) is 0 Å². The molecule has 2 aromatic rings. The topological polar surface area (TPSA) is 106 Å². The number of rotatable bonds is 6. The Kier molecular flexibility index (Phi) is 4.52. The molecule has 108 valence electrons. The summed E-state index contributed by atoms with van der Waals surface area (Å²) in [7, 11) is 0. The van der Waals surface area contributed by atoms with Gasteiger partial charge < -0.3 is 16.0 Å². The summed E-state index contributed by atoms with van der Waals surface area (Å²) in [6.45, 7) is 3.31. The van der Waals surface area contributed by atoms with E-state index in [4.69, 9.17) is 5.73 Å². The van der Waals surface area contributed by atoms with Crippen LogP contribution in [0, 0.1) is 6.92 Å². The zero-order chi connectivity index (χ0) is 14.5. The number of hydrogen-bond acceptors (Lipinski definition) is 4. The molecule has 2 rings (SSSR count). The average molecular weight is 277 g/mol.